The molecule has 2 aliphatic rings. The van der Waals surface area contributed by atoms with Gasteiger partial charge in [0.25, 0.3) is 0 Å². The van der Waals surface area contributed by atoms with E-state index in [2.05, 4.69) is 37.2 Å². The van der Waals surface area contributed by atoms with Crippen LogP contribution in [0.5, 0.6) is 0 Å². The number of carbonyl (C=O) groups excluding carboxylic acids is 11. The Morgan fingerprint density at radius 1 is 0.652 bits per heavy atom. The predicted molar refractivity (Wildman–Crippen MR) is 230 cm³/mol. The molecular weight excluding hydrogens is 873 g/mol. The first-order chi connectivity index (χ1) is 31.0. The van der Waals surface area contributed by atoms with E-state index in [1.54, 1.807) is 27.7 Å². The third kappa shape index (κ3) is 16.5. The van der Waals surface area contributed by atoms with Crippen LogP contribution >= 0.6 is 0 Å². The summed E-state index contributed by atoms with van der Waals surface area (Å²) in [6.45, 7) is 6.21. The van der Waals surface area contributed by atoms with E-state index in [4.69, 9.17) is 17.2 Å². The molecule has 2 saturated heterocycles. The number of rotatable bonds is 26. The van der Waals surface area contributed by atoms with Gasteiger partial charge in [0.05, 0.1) is 26.1 Å². The van der Waals surface area contributed by atoms with Gasteiger partial charge >= 0.3 is 5.97 Å². The van der Waals surface area contributed by atoms with E-state index < -0.39 is 157 Å². The van der Waals surface area contributed by atoms with Crippen LogP contribution in [-0.4, -0.2) is 172 Å². The first-order valence-corrected chi connectivity index (χ1v) is 21.8. The van der Waals surface area contributed by atoms with Crippen LogP contribution in [0.4, 0.5) is 0 Å². The van der Waals surface area contributed by atoms with Crippen LogP contribution in [0.2, 0.25) is 0 Å². The molecule has 26 heteroatoms. The number of aliphatic hydroxyl groups excluding tert-OH is 1. The number of amides is 11. The Balaban J connectivity index is 2.15. The van der Waals surface area contributed by atoms with Gasteiger partial charge in [0.1, 0.15) is 48.3 Å². The van der Waals surface area contributed by atoms with Gasteiger partial charge in [0, 0.05) is 19.5 Å². The van der Waals surface area contributed by atoms with Gasteiger partial charge in [0.2, 0.25) is 65.0 Å². The van der Waals surface area contributed by atoms with Gasteiger partial charge in [-0.05, 0) is 50.9 Å². The zero-order valence-corrected chi connectivity index (χ0v) is 37.9. The molecule has 2 fully saturated rings. The Kier molecular flexibility index (Phi) is 22.4. The maximum Gasteiger partial charge on any atom is 0.326 e. The van der Waals surface area contributed by atoms with Gasteiger partial charge < -0.3 is 74.4 Å². The molecule has 0 bridgehead atoms. The quantitative estimate of drug-likeness (QED) is 0.0384. The molecular formula is C40H66N12O14. The summed E-state index contributed by atoms with van der Waals surface area (Å²) < 4.78 is 0. The molecule has 0 aromatic carbocycles. The number of carboxylic acid groups (broad SMARTS) is 1. The lowest BCUT2D eigenvalue weighted by atomic mass is 9.96. The average Bonchev–Trinajstić information content (AvgIpc) is 3.96. The predicted octanol–water partition coefficient (Wildman–Crippen LogP) is -6.11. The van der Waals surface area contributed by atoms with Crippen LogP contribution in [0.1, 0.15) is 86.0 Å². The van der Waals surface area contributed by atoms with Gasteiger partial charge in [-0.25, -0.2) is 4.79 Å². The van der Waals surface area contributed by atoms with Crippen molar-refractivity contribution in [2.45, 2.75) is 134 Å². The number of carbonyl (C=O) groups is 12. The Bertz CT molecular complexity index is 1830. The van der Waals surface area contributed by atoms with Crippen molar-refractivity contribution in [1.82, 2.24) is 47.0 Å². The Morgan fingerprint density at radius 3 is 1.71 bits per heavy atom. The number of nitrogens with one attached hydrogen (secondary N) is 7. The van der Waals surface area contributed by atoms with E-state index in [1.165, 1.54) is 16.7 Å². The smallest absolute Gasteiger partial charge is 0.326 e. The second-order valence-corrected chi connectivity index (χ2v) is 16.6. The molecule has 0 aromatic heterocycles. The van der Waals surface area contributed by atoms with E-state index in [1.807, 2.05) is 0 Å². The summed E-state index contributed by atoms with van der Waals surface area (Å²) in [4.78, 5) is 156. The van der Waals surface area contributed by atoms with Gasteiger partial charge in [-0.3, -0.25) is 52.7 Å². The topological polar surface area (TPSA) is 414 Å². The number of hydrogen-bond acceptors (Lipinski definition) is 14. The fourth-order valence-electron chi connectivity index (χ4n) is 7.30. The van der Waals surface area contributed by atoms with Crippen LogP contribution < -0.4 is 54.4 Å². The number of nitrogens with two attached hydrogens (primary N) is 3. The van der Waals surface area contributed by atoms with E-state index in [9.17, 15) is 67.7 Å². The van der Waals surface area contributed by atoms with Crippen molar-refractivity contribution < 1.29 is 67.7 Å². The Morgan fingerprint density at radius 2 is 1.21 bits per heavy atom. The van der Waals surface area contributed by atoms with Crippen molar-refractivity contribution in [2.75, 3.05) is 32.8 Å². The first-order valence-electron chi connectivity index (χ1n) is 21.8. The summed E-state index contributed by atoms with van der Waals surface area (Å²) in [6, 6.07) is -10.7. The van der Waals surface area contributed by atoms with E-state index in [-0.39, 0.29) is 38.8 Å². The lowest BCUT2D eigenvalue weighted by Gasteiger charge is -2.33. The number of likely N-dealkylation sites (tertiary alicyclic amines) is 2. The fraction of sp³-hybridized carbons (Fsp3) is 0.700. The largest absolute Gasteiger partial charge is 0.480 e. The van der Waals surface area contributed by atoms with Gasteiger partial charge in [0.15, 0.2) is 0 Å². The average molecular weight is 939 g/mol. The van der Waals surface area contributed by atoms with Crippen molar-refractivity contribution in [3.8, 4) is 0 Å². The van der Waals surface area contributed by atoms with Crippen LogP contribution in [0.25, 0.3) is 0 Å². The number of hydrogen-bond donors (Lipinski definition) is 12. The molecule has 66 heavy (non-hydrogen) atoms. The van der Waals surface area contributed by atoms with Gasteiger partial charge in [-0.1, -0.05) is 34.1 Å². The highest BCUT2D eigenvalue weighted by atomic mass is 16.4. The summed E-state index contributed by atoms with van der Waals surface area (Å²) in [5, 5.41) is 36.6. The van der Waals surface area contributed by atoms with Gasteiger partial charge in [-0.2, -0.15) is 0 Å². The lowest BCUT2D eigenvalue weighted by molar-refractivity contribution is -0.145. The van der Waals surface area contributed by atoms with Crippen molar-refractivity contribution in [2.24, 2.45) is 29.0 Å². The normalized spacial score (nSPS) is 18.8. The summed E-state index contributed by atoms with van der Waals surface area (Å²) in [7, 11) is 0. The van der Waals surface area contributed by atoms with Crippen molar-refractivity contribution >= 4 is 70.9 Å². The molecule has 26 nitrogen and oxygen atoms in total. The molecule has 2 rings (SSSR count). The summed E-state index contributed by atoms with van der Waals surface area (Å²) >= 11 is 0. The molecule has 2 aliphatic heterocycles. The third-order valence-electron chi connectivity index (χ3n) is 11.2. The van der Waals surface area contributed by atoms with Crippen LogP contribution in [-0.2, 0) is 57.5 Å². The van der Waals surface area contributed by atoms with Crippen LogP contribution in [0.3, 0.4) is 0 Å². The molecule has 0 aromatic rings. The van der Waals surface area contributed by atoms with E-state index >= 15 is 0 Å². The third-order valence-corrected chi connectivity index (χ3v) is 11.2. The highest BCUT2D eigenvalue weighted by molar-refractivity contribution is 5.99. The summed E-state index contributed by atoms with van der Waals surface area (Å²) in [6.07, 6.45) is 0.233. The van der Waals surface area contributed by atoms with Crippen LogP contribution in [0.15, 0.2) is 0 Å². The number of primary amides is 2. The van der Waals surface area contributed by atoms with Crippen LogP contribution in [0, 0.1) is 11.8 Å². The number of carboxylic acids is 1. The van der Waals surface area contributed by atoms with E-state index in [0.29, 0.717) is 19.3 Å². The number of aliphatic hydroxyl groups is 1. The number of nitrogens with zero attached hydrogens (tertiary/aromatic N) is 2. The molecule has 0 aliphatic carbocycles. The first kappa shape index (κ1) is 55.7. The molecule has 0 radical (unpaired) electrons. The maximum atomic E-state index is 14.0. The van der Waals surface area contributed by atoms with Crippen molar-refractivity contribution in [3.05, 3.63) is 0 Å². The molecule has 370 valence electrons. The van der Waals surface area contributed by atoms with Crippen molar-refractivity contribution in [1.29, 1.82) is 0 Å². The minimum atomic E-state index is -1.63. The molecule has 0 unspecified atom stereocenters. The molecule has 0 saturated carbocycles. The molecule has 0 spiro atoms. The maximum absolute atomic E-state index is 14.0. The molecule has 11 amide bonds. The molecule has 2 heterocycles. The highest BCUT2D eigenvalue weighted by Gasteiger charge is 2.42. The monoisotopic (exact) mass is 938 g/mol. The minimum absolute atomic E-state index is 0.0868. The lowest BCUT2D eigenvalue weighted by Crippen LogP contribution is -2.62. The molecule has 9 atom stereocenters. The minimum Gasteiger partial charge on any atom is -0.480 e. The second-order valence-electron chi connectivity index (χ2n) is 16.6. The zero-order chi connectivity index (χ0) is 50.0. The summed E-state index contributed by atoms with van der Waals surface area (Å²) in [5.41, 5.74) is 15.6. The van der Waals surface area contributed by atoms with Gasteiger partial charge in [-0.15, -0.1) is 0 Å². The SMILES string of the molecule is CC[C@H](C)[C@H](NC(=O)[C@H](CO)NC(=O)[C@@H](NC(=O)[C@@H]1CCCN1C(=O)[C@H](C)NC(=O)[C@H](CC(N)=O)NC(=O)CNC(=O)CN)C(C)C)C(=O)N1CCC[C@H]1C(=O)N[C@@H](CCC(N)=O)C(=O)O. The highest BCUT2D eigenvalue weighted by Crippen LogP contribution is 2.23. The number of aliphatic carboxylic acids is 1. The second kappa shape index (κ2) is 26.5. The zero-order valence-electron chi connectivity index (χ0n) is 37.9. The summed E-state index contributed by atoms with van der Waals surface area (Å²) in [5.74, 6) is -11.5. The molecule has 15 N–H and O–H groups in total. The Labute approximate surface area is 381 Å². The van der Waals surface area contributed by atoms with E-state index in [0.717, 1.165) is 0 Å². The standard InChI is InChI=1S/C40H66N12O14/c1-6-20(4)32(39(64)52-14-8-9-25(52)35(60)47-22(40(65)66)11-12-27(42)54)50-34(59)24(18-53)48-37(62)31(19(2)3)49-36(61)26-10-7-13-51(26)38(63)21(5)45-33(58)23(15-28(43)55)46-30(57)17-44-29(56)16-41/h19-26,31-32,53H,6-18,41H2,1-5H3,(H2,42,54)(H2,43,55)(H,44,56)(H,45,58)(H,46,57)(H,47,60)(H,48,62)(H,49,61)(H,50,59)(H,65,66)/t20-,21-,22-,23-,24-,25-,26-,31-,32-/m0/s1. The van der Waals surface area contributed by atoms with Crippen molar-refractivity contribution in [3.63, 3.8) is 0 Å². The fourth-order valence-corrected chi connectivity index (χ4v) is 7.30. The Hall–Kier alpha value is -6.44.